The number of benzene rings is 1. The molecule has 3 N–H and O–H groups in total. The fourth-order valence-electron chi connectivity index (χ4n) is 3.00. The molecule has 0 amide bonds. The lowest BCUT2D eigenvalue weighted by molar-refractivity contribution is 0.261. The smallest absolute Gasteiger partial charge is 0.174 e. The first-order valence-electron chi connectivity index (χ1n) is 9.10. The number of hydrogen-bond donors (Lipinski definition) is 2. The van der Waals surface area contributed by atoms with Gasteiger partial charge in [0.2, 0.25) is 0 Å². The Morgan fingerprint density at radius 1 is 1.21 bits per heavy atom. The lowest BCUT2D eigenvalue weighted by atomic mass is 10.1. The summed E-state index contributed by atoms with van der Waals surface area (Å²) in [6.45, 7) is 3.62. The van der Waals surface area contributed by atoms with E-state index in [4.69, 9.17) is 15.6 Å². The van der Waals surface area contributed by atoms with Crippen LogP contribution in [-0.2, 0) is 0 Å². The lowest BCUT2D eigenvalue weighted by Gasteiger charge is -2.11. The summed E-state index contributed by atoms with van der Waals surface area (Å²) in [4.78, 5) is 14.4. The molecule has 148 valence electrons. The Morgan fingerprint density at radius 2 is 2.00 bits per heavy atom. The number of ether oxygens (including phenoxy) is 1. The van der Waals surface area contributed by atoms with Gasteiger partial charge in [-0.1, -0.05) is 17.4 Å². The number of fused-ring (bicyclic) bond motifs is 1. The SMILES string of the molecule is Cc1c(-c2ccc(OCCN(C)C)cc2)sc2nc(-c3cc#cs3)nc(NN)c12. The lowest BCUT2D eigenvalue weighted by Crippen LogP contribution is -2.19. The molecule has 0 aliphatic rings. The van der Waals surface area contributed by atoms with Crippen molar-refractivity contribution in [2.24, 2.45) is 5.84 Å². The average Bonchev–Trinajstić information content (AvgIpc) is 3.36. The second kappa shape index (κ2) is 8.35. The minimum atomic E-state index is 0.627. The number of nitrogens with one attached hydrogen (secondary N) is 1. The normalized spacial score (nSPS) is 11.1. The Kier molecular flexibility index (Phi) is 5.65. The number of nitrogen functional groups attached to an aromatic ring is 1. The van der Waals surface area contributed by atoms with Crippen LogP contribution in [0.4, 0.5) is 5.82 Å². The summed E-state index contributed by atoms with van der Waals surface area (Å²) in [7, 11) is 4.06. The molecule has 29 heavy (non-hydrogen) atoms. The number of thiophene rings is 1. The summed E-state index contributed by atoms with van der Waals surface area (Å²) < 4.78 is 5.80. The molecule has 0 unspecified atom stereocenters. The quantitative estimate of drug-likeness (QED) is 0.342. The number of anilines is 1. The minimum Gasteiger partial charge on any atom is -0.492 e. The molecular formula is C21H21N5OS2. The van der Waals surface area contributed by atoms with Gasteiger partial charge in [-0.25, -0.2) is 15.8 Å². The number of aryl methyl sites for hydroxylation is 1. The van der Waals surface area contributed by atoms with E-state index in [1.165, 1.54) is 11.3 Å². The molecular weight excluding hydrogens is 402 g/mol. The third-order valence-corrected chi connectivity index (χ3v) is 6.47. The predicted molar refractivity (Wildman–Crippen MR) is 120 cm³/mol. The van der Waals surface area contributed by atoms with Crippen LogP contribution in [0, 0.1) is 18.4 Å². The Morgan fingerprint density at radius 3 is 2.66 bits per heavy atom. The van der Waals surface area contributed by atoms with Gasteiger partial charge in [0, 0.05) is 17.5 Å². The Bertz CT molecular complexity index is 1100. The molecule has 0 aliphatic heterocycles. The third kappa shape index (κ3) is 4.04. The predicted octanol–water partition coefficient (Wildman–Crippen LogP) is 4.22. The molecule has 0 aliphatic carbocycles. The van der Waals surface area contributed by atoms with Gasteiger partial charge in [0.05, 0.1) is 10.3 Å². The van der Waals surface area contributed by atoms with Crippen LogP contribution in [0.1, 0.15) is 5.56 Å². The van der Waals surface area contributed by atoms with Gasteiger partial charge in [-0.15, -0.1) is 11.3 Å². The highest BCUT2D eigenvalue weighted by molar-refractivity contribution is 7.22. The molecule has 4 rings (SSSR count). The Labute approximate surface area is 178 Å². The number of aromatic nitrogens is 2. The second-order valence-corrected chi connectivity index (χ2v) is 8.66. The van der Waals surface area contributed by atoms with E-state index in [1.807, 2.05) is 32.3 Å². The maximum Gasteiger partial charge on any atom is 0.174 e. The molecule has 4 aromatic rings. The van der Waals surface area contributed by atoms with Crippen LogP contribution in [0.2, 0.25) is 0 Å². The van der Waals surface area contributed by atoms with Gasteiger partial charge in [-0.3, -0.25) is 0 Å². The third-order valence-electron chi connectivity index (χ3n) is 4.49. The summed E-state index contributed by atoms with van der Waals surface area (Å²) in [5.74, 6) is 7.90. The van der Waals surface area contributed by atoms with Gasteiger partial charge in [0.1, 0.15) is 17.2 Å². The van der Waals surface area contributed by atoms with E-state index in [1.54, 1.807) is 11.3 Å². The highest BCUT2D eigenvalue weighted by Gasteiger charge is 2.18. The first-order valence-corrected chi connectivity index (χ1v) is 10.7. The van der Waals surface area contributed by atoms with Crippen molar-refractivity contribution < 1.29 is 4.74 Å². The number of nitrogens with two attached hydrogens (primary N) is 1. The van der Waals surface area contributed by atoms with Crippen LogP contribution in [0.5, 0.6) is 5.75 Å². The van der Waals surface area contributed by atoms with Crippen molar-refractivity contribution in [1.29, 1.82) is 0 Å². The highest BCUT2D eigenvalue weighted by Crippen LogP contribution is 2.41. The van der Waals surface area contributed by atoms with Gasteiger partial charge in [-0.2, -0.15) is 0 Å². The van der Waals surface area contributed by atoms with E-state index in [2.05, 4.69) is 45.8 Å². The van der Waals surface area contributed by atoms with Crippen LogP contribution in [-0.4, -0.2) is 42.1 Å². The zero-order chi connectivity index (χ0) is 20.4. The fourth-order valence-corrected chi connectivity index (χ4v) is 4.71. The number of rotatable bonds is 7. The summed E-state index contributed by atoms with van der Waals surface area (Å²) in [6, 6.07) is 12.9. The summed E-state index contributed by atoms with van der Waals surface area (Å²) in [6.07, 6.45) is 0. The molecule has 0 bridgehead atoms. The summed E-state index contributed by atoms with van der Waals surface area (Å²) in [5.41, 5.74) is 4.96. The van der Waals surface area contributed by atoms with Crippen LogP contribution < -0.4 is 16.0 Å². The van der Waals surface area contributed by atoms with Gasteiger partial charge in [0.15, 0.2) is 11.6 Å². The van der Waals surface area contributed by atoms with Crippen molar-refractivity contribution in [1.82, 2.24) is 14.9 Å². The summed E-state index contributed by atoms with van der Waals surface area (Å²) in [5, 5.41) is 3.91. The van der Waals surface area contributed by atoms with Crippen molar-refractivity contribution >= 4 is 38.7 Å². The van der Waals surface area contributed by atoms with Crippen LogP contribution >= 0.6 is 22.7 Å². The largest absolute Gasteiger partial charge is 0.492 e. The standard InChI is InChI=1S/C21H21N5OS2/c1-13-17-20(25-22)23-19(16-5-4-12-28-16)24-21(17)29-18(13)14-6-8-15(9-7-14)27-11-10-26(2)3/h5-9H,10-11,22H2,1-3H3,(H,23,24,25). The molecule has 0 saturated heterocycles. The zero-order valence-corrected chi connectivity index (χ0v) is 18.1. The van der Waals surface area contributed by atoms with Crippen molar-refractivity contribution in [3.05, 3.63) is 47.3 Å². The highest BCUT2D eigenvalue weighted by atomic mass is 32.1. The molecule has 0 spiro atoms. The number of nitrogens with zero attached hydrogens (tertiary/aromatic N) is 3. The van der Waals surface area contributed by atoms with E-state index in [0.717, 1.165) is 43.4 Å². The molecule has 1 aromatic carbocycles. The molecule has 0 atom stereocenters. The van der Waals surface area contributed by atoms with Crippen molar-refractivity contribution in [2.75, 3.05) is 32.7 Å². The number of likely N-dealkylation sites (N-methyl/N-ethyl adjacent to an activating group) is 1. The van der Waals surface area contributed by atoms with Gasteiger partial charge >= 0.3 is 0 Å². The maximum absolute atomic E-state index is 5.80. The topological polar surface area (TPSA) is 76.3 Å². The van der Waals surface area contributed by atoms with Gasteiger partial charge in [-0.05, 0) is 61.8 Å². The van der Waals surface area contributed by atoms with Crippen molar-refractivity contribution in [2.45, 2.75) is 6.92 Å². The first kappa shape index (κ1) is 19.6. The zero-order valence-electron chi connectivity index (χ0n) is 16.4. The van der Waals surface area contributed by atoms with E-state index in [0.29, 0.717) is 18.2 Å². The maximum atomic E-state index is 5.80. The minimum absolute atomic E-state index is 0.627. The van der Waals surface area contributed by atoms with E-state index < -0.39 is 0 Å². The molecule has 0 fully saturated rings. The Balaban J connectivity index is 1.68. The molecule has 3 aromatic heterocycles. The molecule has 3 heterocycles. The number of hydrazine groups is 1. The Hall–Kier alpha value is -2.70. The van der Waals surface area contributed by atoms with Crippen LogP contribution in [0.15, 0.2) is 30.3 Å². The molecule has 0 saturated carbocycles. The van der Waals surface area contributed by atoms with E-state index in [-0.39, 0.29) is 0 Å². The monoisotopic (exact) mass is 423 g/mol. The molecule has 6 nitrogen and oxygen atoms in total. The number of hydrogen-bond acceptors (Lipinski definition) is 8. The van der Waals surface area contributed by atoms with Crippen molar-refractivity contribution in [3.63, 3.8) is 0 Å². The van der Waals surface area contributed by atoms with E-state index in [9.17, 15) is 0 Å². The average molecular weight is 424 g/mol. The molecule has 8 heteroatoms. The first-order chi connectivity index (χ1) is 14.1. The van der Waals surface area contributed by atoms with Crippen LogP contribution in [0.25, 0.3) is 31.4 Å². The molecule has 0 radical (unpaired) electrons. The fraction of sp³-hybridized carbons (Fsp3) is 0.238. The second-order valence-electron chi connectivity index (χ2n) is 6.81. The summed E-state index contributed by atoms with van der Waals surface area (Å²) >= 11 is 3.07. The van der Waals surface area contributed by atoms with Gasteiger partial charge in [0.25, 0.3) is 0 Å². The van der Waals surface area contributed by atoms with Crippen LogP contribution in [0.3, 0.4) is 0 Å². The van der Waals surface area contributed by atoms with E-state index >= 15 is 0 Å². The van der Waals surface area contributed by atoms with Crippen molar-refractivity contribution in [3.8, 4) is 26.9 Å². The van der Waals surface area contributed by atoms with Gasteiger partial charge < -0.3 is 15.1 Å².